The predicted octanol–water partition coefficient (Wildman–Crippen LogP) is 1.12. The Morgan fingerprint density at radius 1 is 1.69 bits per heavy atom. The number of hydrogen-bond acceptors (Lipinski definition) is 3. The Kier molecular flexibility index (Phi) is 3.04. The molecule has 0 atom stereocenters. The molecular weight excluding hydrogens is 184 g/mol. The smallest absolute Gasteiger partial charge is 0.264 e. The van der Waals surface area contributed by atoms with Gasteiger partial charge in [-0.15, -0.1) is 17.8 Å². The van der Waals surface area contributed by atoms with Gasteiger partial charge in [-0.3, -0.25) is 4.79 Å². The van der Waals surface area contributed by atoms with E-state index in [1.165, 1.54) is 11.3 Å². The van der Waals surface area contributed by atoms with Gasteiger partial charge in [0.05, 0.1) is 17.2 Å². The summed E-state index contributed by atoms with van der Waals surface area (Å²) in [6.07, 6.45) is 5.02. The summed E-state index contributed by atoms with van der Waals surface area (Å²) in [5, 5.41) is 3.49. The van der Waals surface area contributed by atoms with Gasteiger partial charge in [0.15, 0.2) is 0 Å². The molecular formula is C9H10N2OS. The maximum absolute atomic E-state index is 11.4. The average Bonchev–Trinajstić information content (AvgIpc) is 2.41. The number of carbonyl (C=O) groups is 1. The highest BCUT2D eigenvalue weighted by molar-refractivity contribution is 7.13. The SMILES string of the molecule is C#CCNC(=O)c1sc(C)nc1C. The fourth-order valence-corrected chi connectivity index (χ4v) is 1.79. The third-order valence-electron chi connectivity index (χ3n) is 1.46. The molecule has 1 N–H and O–H groups in total. The zero-order chi connectivity index (χ0) is 9.84. The zero-order valence-electron chi connectivity index (χ0n) is 7.55. The van der Waals surface area contributed by atoms with Crippen LogP contribution in [0.5, 0.6) is 0 Å². The summed E-state index contributed by atoms with van der Waals surface area (Å²) in [4.78, 5) is 16.2. The molecule has 1 aromatic rings. The Balaban J connectivity index is 2.78. The van der Waals surface area contributed by atoms with Gasteiger partial charge in [-0.05, 0) is 13.8 Å². The Bertz CT molecular complexity index is 362. The van der Waals surface area contributed by atoms with Crippen LogP contribution in [0.4, 0.5) is 0 Å². The van der Waals surface area contributed by atoms with Gasteiger partial charge >= 0.3 is 0 Å². The van der Waals surface area contributed by atoms with Crippen LogP contribution < -0.4 is 5.32 Å². The maximum atomic E-state index is 11.4. The van der Waals surface area contributed by atoms with Crippen LogP contribution in [0.25, 0.3) is 0 Å². The normalized spacial score (nSPS) is 9.31. The summed E-state index contributed by atoms with van der Waals surface area (Å²) in [5.41, 5.74) is 0.761. The van der Waals surface area contributed by atoms with Crippen LogP contribution in [-0.2, 0) is 0 Å². The lowest BCUT2D eigenvalue weighted by atomic mass is 10.4. The standard InChI is InChI=1S/C9H10N2OS/c1-4-5-10-9(12)8-6(2)11-7(3)13-8/h1H,5H2,2-3H3,(H,10,12). The van der Waals surface area contributed by atoms with Crippen LogP contribution in [-0.4, -0.2) is 17.4 Å². The van der Waals surface area contributed by atoms with Crippen molar-refractivity contribution in [2.45, 2.75) is 13.8 Å². The lowest BCUT2D eigenvalue weighted by Crippen LogP contribution is -2.23. The van der Waals surface area contributed by atoms with E-state index in [4.69, 9.17) is 6.42 Å². The molecule has 68 valence electrons. The molecule has 0 aliphatic heterocycles. The largest absolute Gasteiger partial charge is 0.340 e. The summed E-state index contributed by atoms with van der Waals surface area (Å²) in [6, 6.07) is 0. The van der Waals surface area contributed by atoms with Gasteiger partial charge in [0.1, 0.15) is 4.88 Å². The van der Waals surface area contributed by atoms with E-state index in [0.29, 0.717) is 4.88 Å². The molecule has 4 heteroatoms. The van der Waals surface area contributed by atoms with Crippen molar-refractivity contribution in [2.75, 3.05) is 6.54 Å². The van der Waals surface area contributed by atoms with Crippen molar-refractivity contribution in [1.82, 2.24) is 10.3 Å². The molecule has 0 aliphatic rings. The summed E-state index contributed by atoms with van der Waals surface area (Å²) in [5.74, 6) is 2.21. The molecule has 0 bridgehead atoms. The Morgan fingerprint density at radius 2 is 2.38 bits per heavy atom. The summed E-state index contributed by atoms with van der Waals surface area (Å²) in [6.45, 7) is 3.94. The minimum Gasteiger partial charge on any atom is -0.340 e. The molecule has 1 heterocycles. The van der Waals surface area contributed by atoms with E-state index >= 15 is 0 Å². The van der Waals surface area contributed by atoms with E-state index in [9.17, 15) is 4.79 Å². The van der Waals surface area contributed by atoms with Crippen LogP contribution in [0.15, 0.2) is 0 Å². The van der Waals surface area contributed by atoms with Crippen molar-refractivity contribution in [1.29, 1.82) is 0 Å². The van der Waals surface area contributed by atoms with Crippen molar-refractivity contribution < 1.29 is 4.79 Å². The summed E-state index contributed by atoms with van der Waals surface area (Å²) >= 11 is 1.38. The molecule has 3 nitrogen and oxygen atoms in total. The first-order valence-electron chi connectivity index (χ1n) is 3.81. The molecule has 1 aromatic heterocycles. The number of nitrogens with zero attached hydrogens (tertiary/aromatic N) is 1. The highest BCUT2D eigenvalue weighted by Crippen LogP contribution is 2.16. The number of aromatic nitrogens is 1. The first kappa shape index (κ1) is 9.75. The number of thiazole rings is 1. The number of hydrogen-bond donors (Lipinski definition) is 1. The van der Waals surface area contributed by atoms with Crippen molar-refractivity contribution in [3.05, 3.63) is 15.6 Å². The van der Waals surface area contributed by atoms with Crippen molar-refractivity contribution in [2.24, 2.45) is 0 Å². The zero-order valence-corrected chi connectivity index (χ0v) is 8.36. The molecule has 0 radical (unpaired) electrons. The van der Waals surface area contributed by atoms with Gasteiger partial charge in [-0.25, -0.2) is 4.98 Å². The quantitative estimate of drug-likeness (QED) is 0.717. The second-order valence-corrected chi connectivity index (χ2v) is 3.74. The van der Waals surface area contributed by atoms with Gasteiger partial charge in [0.25, 0.3) is 5.91 Å². The minimum absolute atomic E-state index is 0.138. The highest BCUT2D eigenvalue weighted by atomic mass is 32.1. The maximum Gasteiger partial charge on any atom is 0.264 e. The summed E-state index contributed by atoms with van der Waals surface area (Å²) in [7, 11) is 0. The first-order chi connectivity index (χ1) is 6.15. The van der Waals surface area contributed by atoms with Gasteiger partial charge in [-0.1, -0.05) is 5.92 Å². The predicted molar refractivity (Wildman–Crippen MR) is 52.8 cm³/mol. The van der Waals surface area contributed by atoms with Crippen molar-refractivity contribution >= 4 is 17.2 Å². The molecule has 1 rings (SSSR count). The lowest BCUT2D eigenvalue weighted by Gasteiger charge is -1.97. The lowest BCUT2D eigenvalue weighted by molar-refractivity contribution is 0.0962. The van der Waals surface area contributed by atoms with Gasteiger partial charge in [-0.2, -0.15) is 0 Å². The fraction of sp³-hybridized carbons (Fsp3) is 0.333. The van der Waals surface area contributed by atoms with E-state index in [1.807, 2.05) is 13.8 Å². The van der Waals surface area contributed by atoms with Crippen molar-refractivity contribution in [3.63, 3.8) is 0 Å². The number of nitrogens with one attached hydrogen (secondary N) is 1. The Morgan fingerprint density at radius 3 is 2.85 bits per heavy atom. The van der Waals surface area contributed by atoms with Crippen molar-refractivity contribution in [3.8, 4) is 12.3 Å². The number of aryl methyl sites for hydroxylation is 2. The van der Waals surface area contributed by atoms with E-state index < -0.39 is 0 Å². The van der Waals surface area contributed by atoms with Gasteiger partial charge < -0.3 is 5.32 Å². The van der Waals surface area contributed by atoms with Crippen LogP contribution in [0.2, 0.25) is 0 Å². The van der Waals surface area contributed by atoms with E-state index in [-0.39, 0.29) is 12.5 Å². The van der Waals surface area contributed by atoms with E-state index in [2.05, 4.69) is 16.2 Å². The van der Waals surface area contributed by atoms with E-state index in [0.717, 1.165) is 10.7 Å². The molecule has 0 spiro atoms. The third kappa shape index (κ3) is 2.30. The second-order valence-electron chi connectivity index (χ2n) is 2.53. The topological polar surface area (TPSA) is 42.0 Å². The van der Waals surface area contributed by atoms with Crippen LogP contribution in [0, 0.1) is 26.2 Å². The second kappa shape index (κ2) is 4.06. The van der Waals surface area contributed by atoms with Gasteiger partial charge in [0, 0.05) is 0 Å². The molecule has 13 heavy (non-hydrogen) atoms. The van der Waals surface area contributed by atoms with Crippen LogP contribution in [0.3, 0.4) is 0 Å². The number of rotatable bonds is 2. The number of amides is 1. The molecule has 0 aromatic carbocycles. The van der Waals surface area contributed by atoms with E-state index in [1.54, 1.807) is 0 Å². The summed E-state index contributed by atoms with van der Waals surface area (Å²) < 4.78 is 0. The molecule has 0 unspecified atom stereocenters. The average molecular weight is 194 g/mol. The Labute approximate surface area is 81.2 Å². The molecule has 0 saturated carbocycles. The molecule has 0 aliphatic carbocycles. The van der Waals surface area contributed by atoms with Gasteiger partial charge in [0.2, 0.25) is 0 Å². The molecule has 0 fully saturated rings. The molecule has 0 saturated heterocycles. The number of terminal acetylenes is 1. The van der Waals surface area contributed by atoms with Crippen LogP contribution in [0.1, 0.15) is 20.4 Å². The third-order valence-corrected chi connectivity index (χ3v) is 2.53. The highest BCUT2D eigenvalue weighted by Gasteiger charge is 2.12. The Hall–Kier alpha value is -1.34. The number of carbonyl (C=O) groups excluding carboxylic acids is 1. The fourth-order valence-electron chi connectivity index (χ4n) is 0.954. The monoisotopic (exact) mass is 194 g/mol. The van der Waals surface area contributed by atoms with Crippen LogP contribution >= 0.6 is 11.3 Å². The first-order valence-corrected chi connectivity index (χ1v) is 4.62. The minimum atomic E-state index is -0.138. The molecule has 1 amide bonds.